The van der Waals surface area contributed by atoms with Crippen molar-refractivity contribution in [3.63, 3.8) is 0 Å². The maximum atomic E-state index is 12.9. The Morgan fingerprint density at radius 1 is 1.13 bits per heavy atom. The number of methoxy groups -OCH3 is 2. The number of carbonyl (C=O) groups is 1. The maximum absolute atomic E-state index is 12.9. The molecule has 4 rings (SSSR count). The average Bonchev–Trinajstić information content (AvgIpc) is 2.97. The van der Waals surface area contributed by atoms with E-state index in [0.717, 1.165) is 25.2 Å². The molecule has 1 amide bonds. The van der Waals surface area contributed by atoms with Crippen LogP contribution in [0.5, 0.6) is 11.5 Å². The van der Waals surface area contributed by atoms with Gasteiger partial charge in [0.15, 0.2) is 9.84 Å². The minimum atomic E-state index is -3.18. The molecule has 3 heterocycles. The molecule has 1 atom stereocenters. The Kier molecular flexibility index (Phi) is 5.99. The van der Waals surface area contributed by atoms with Gasteiger partial charge in [-0.15, -0.1) is 0 Å². The highest BCUT2D eigenvalue weighted by Gasteiger charge is 2.62. The molecule has 0 aliphatic carbocycles. The molecular formula is C22H32N2O5S. The van der Waals surface area contributed by atoms with Crippen LogP contribution in [0.15, 0.2) is 18.2 Å². The summed E-state index contributed by atoms with van der Waals surface area (Å²) in [5, 5.41) is 0. The van der Waals surface area contributed by atoms with Crippen LogP contribution in [0.1, 0.15) is 31.2 Å². The summed E-state index contributed by atoms with van der Waals surface area (Å²) < 4.78 is 35.8. The fourth-order valence-electron chi connectivity index (χ4n) is 5.25. The van der Waals surface area contributed by atoms with E-state index in [1.807, 2.05) is 0 Å². The largest absolute Gasteiger partial charge is 0.497 e. The van der Waals surface area contributed by atoms with Gasteiger partial charge in [-0.25, -0.2) is 8.42 Å². The molecule has 1 aromatic rings. The van der Waals surface area contributed by atoms with Gasteiger partial charge in [-0.1, -0.05) is 6.42 Å². The van der Waals surface area contributed by atoms with E-state index < -0.39 is 14.6 Å². The summed E-state index contributed by atoms with van der Waals surface area (Å²) in [6.07, 6.45) is 4.54. The Hall–Kier alpha value is -1.80. The zero-order valence-corrected chi connectivity index (χ0v) is 18.7. The van der Waals surface area contributed by atoms with Gasteiger partial charge in [0.25, 0.3) is 0 Å². The Labute approximate surface area is 179 Å². The van der Waals surface area contributed by atoms with Crippen LogP contribution in [-0.4, -0.2) is 81.6 Å². The van der Waals surface area contributed by atoms with Crippen molar-refractivity contribution in [2.24, 2.45) is 5.92 Å². The average molecular weight is 437 g/mol. The summed E-state index contributed by atoms with van der Waals surface area (Å²) >= 11 is 0. The normalized spacial score (nSPS) is 25.1. The van der Waals surface area contributed by atoms with Crippen LogP contribution in [0.2, 0.25) is 0 Å². The fraction of sp³-hybridized carbons (Fsp3) is 0.682. The van der Waals surface area contributed by atoms with Crippen LogP contribution in [0, 0.1) is 5.92 Å². The predicted octanol–water partition coefficient (Wildman–Crippen LogP) is 1.75. The minimum absolute atomic E-state index is 0.0639. The molecule has 0 saturated carbocycles. The zero-order valence-electron chi connectivity index (χ0n) is 17.9. The van der Waals surface area contributed by atoms with Crippen LogP contribution >= 0.6 is 0 Å². The highest BCUT2D eigenvalue weighted by molar-refractivity contribution is 7.93. The van der Waals surface area contributed by atoms with Gasteiger partial charge in [0.1, 0.15) is 16.2 Å². The summed E-state index contributed by atoms with van der Waals surface area (Å²) in [6.45, 7) is 3.60. The Morgan fingerprint density at radius 2 is 1.87 bits per heavy atom. The van der Waals surface area contributed by atoms with E-state index in [-0.39, 0.29) is 24.0 Å². The molecule has 0 radical (unpaired) electrons. The van der Waals surface area contributed by atoms with Gasteiger partial charge in [-0.05, 0) is 56.5 Å². The lowest BCUT2D eigenvalue weighted by Gasteiger charge is -2.51. The third-order valence-corrected chi connectivity index (χ3v) is 9.73. The van der Waals surface area contributed by atoms with Crippen LogP contribution < -0.4 is 9.47 Å². The molecular weight excluding hydrogens is 404 g/mol. The fourth-order valence-corrected chi connectivity index (χ4v) is 7.66. The number of amides is 1. The van der Waals surface area contributed by atoms with Gasteiger partial charge in [0.05, 0.1) is 26.4 Å². The molecule has 3 aliphatic rings. The van der Waals surface area contributed by atoms with E-state index in [1.165, 1.54) is 19.3 Å². The summed E-state index contributed by atoms with van der Waals surface area (Å²) in [5.41, 5.74) is 0.752. The van der Waals surface area contributed by atoms with E-state index >= 15 is 0 Å². The number of nitrogens with zero attached hydrogens (tertiary/aromatic N) is 2. The van der Waals surface area contributed by atoms with Crippen molar-refractivity contribution in [2.45, 2.75) is 36.9 Å². The second kappa shape index (κ2) is 8.38. The molecule has 0 aromatic heterocycles. The van der Waals surface area contributed by atoms with Crippen molar-refractivity contribution in [1.29, 1.82) is 0 Å². The van der Waals surface area contributed by atoms with Crippen LogP contribution in [0.4, 0.5) is 0 Å². The third kappa shape index (κ3) is 3.80. The molecule has 0 bridgehead atoms. The summed E-state index contributed by atoms with van der Waals surface area (Å²) in [5.74, 6) is 1.61. The van der Waals surface area contributed by atoms with E-state index in [9.17, 15) is 13.2 Å². The van der Waals surface area contributed by atoms with Crippen molar-refractivity contribution >= 4 is 15.7 Å². The van der Waals surface area contributed by atoms with E-state index in [1.54, 1.807) is 37.3 Å². The molecule has 3 saturated heterocycles. The number of hydrogen-bond donors (Lipinski definition) is 0. The van der Waals surface area contributed by atoms with Crippen LogP contribution in [0.25, 0.3) is 0 Å². The lowest BCUT2D eigenvalue weighted by Crippen LogP contribution is -2.69. The van der Waals surface area contributed by atoms with Crippen molar-refractivity contribution in [2.75, 3.05) is 52.7 Å². The molecule has 7 nitrogen and oxygen atoms in total. The maximum Gasteiger partial charge on any atom is 0.227 e. The molecule has 3 fully saturated rings. The quantitative estimate of drug-likeness (QED) is 0.676. The number of piperidine rings is 1. The number of benzene rings is 1. The zero-order chi connectivity index (χ0) is 21.4. The Balaban J connectivity index is 1.44. The van der Waals surface area contributed by atoms with Gasteiger partial charge < -0.3 is 19.3 Å². The Bertz CT molecular complexity index is 889. The monoisotopic (exact) mass is 436 g/mol. The minimum Gasteiger partial charge on any atom is -0.497 e. The van der Waals surface area contributed by atoms with E-state index in [2.05, 4.69) is 4.90 Å². The van der Waals surface area contributed by atoms with E-state index in [0.29, 0.717) is 31.0 Å². The number of carbonyl (C=O) groups excluding carboxylic acids is 1. The van der Waals surface area contributed by atoms with Gasteiger partial charge in [0, 0.05) is 25.2 Å². The summed E-state index contributed by atoms with van der Waals surface area (Å²) in [4.78, 5) is 17.1. The number of sulfone groups is 1. The van der Waals surface area contributed by atoms with E-state index in [4.69, 9.17) is 9.47 Å². The molecule has 8 heteroatoms. The molecule has 3 aliphatic heterocycles. The number of ether oxygens (including phenoxy) is 2. The first-order valence-corrected chi connectivity index (χ1v) is 12.5. The van der Waals surface area contributed by atoms with Gasteiger partial charge >= 0.3 is 0 Å². The molecule has 30 heavy (non-hydrogen) atoms. The first-order valence-electron chi connectivity index (χ1n) is 10.8. The second-order valence-electron chi connectivity index (χ2n) is 8.83. The van der Waals surface area contributed by atoms with Crippen LogP contribution in [-0.2, 0) is 21.1 Å². The third-order valence-electron chi connectivity index (χ3n) is 7.12. The SMILES string of the molecule is COc1ccc(OC)c(CC(=O)N2CC3(C2)C(CN2CCCCC2)CCS3(=O)=O)c1. The van der Waals surface area contributed by atoms with Crippen molar-refractivity contribution in [3.8, 4) is 11.5 Å². The number of likely N-dealkylation sites (tertiary alicyclic amines) is 2. The topological polar surface area (TPSA) is 76.2 Å². The number of rotatable bonds is 6. The summed E-state index contributed by atoms with van der Waals surface area (Å²) in [6, 6.07) is 5.38. The smallest absolute Gasteiger partial charge is 0.227 e. The van der Waals surface area contributed by atoms with Gasteiger partial charge in [-0.3, -0.25) is 4.79 Å². The highest BCUT2D eigenvalue weighted by atomic mass is 32.2. The Morgan fingerprint density at radius 3 is 2.53 bits per heavy atom. The molecule has 166 valence electrons. The van der Waals surface area contributed by atoms with Crippen molar-refractivity contribution in [3.05, 3.63) is 23.8 Å². The highest BCUT2D eigenvalue weighted by Crippen LogP contribution is 2.45. The predicted molar refractivity (Wildman–Crippen MR) is 115 cm³/mol. The molecule has 1 unspecified atom stereocenters. The lowest BCUT2D eigenvalue weighted by atomic mass is 9.82. The van der Waals surface area contributed by atoms with Gasteiger partial charge in [0.2, 0.25) is 5.91 Å². The number of hydrogen-bond acceptors (Lipinski definition) is 6. The van der Waals surface area contributed by atoms with Crippen molar-refractivity contribution in [1.82, 2.24) is 9.80 Å². The molecule has 0 N–H and O–H groups in total. The van der Waals surface area contributed by atoms with Crippen LogP contribution in [0.3, 0.4) is 0 Å². The standard InChI is InChI=1S/C22H32N2O5S/c1-28-19-6-7-20(29-2)17(12-19)13-21(25)24-15-22(16-24)18(8-11-30(22,26)27)14-23-9-4-3-5-10-23/h6-7,12,18H,3-5,8-11,13-16H2,1-2H3. The molecule has 1 spiro atoms. The molecule has 1 aromatic carbocycles. The van der Waals surface area contributed by atoms with Gasteiger partial charge in [-0.2, -0.15) is 0 Å². The first-order chi connectivity index (χ1) is 14.4. The lowest BCUT2D eigenvalue weighted by molar-refractivity contribution is -0.136. The second-order valence-corrected chi connectivity index (χ2v) is 11.3. The first kappa shape index (κ1) is 21.4. The summed E-state index contributed by atoms with van der Waals surface area (Å²) in [7, 11) is -0.0204. The van der Waals surface area contributed by atoms with Crippen molar-refractivity contribution < 1.29 is 22.7 Å².